The Kier molecular flexibility index (Phi) is 34.5. The van der Waals surface area contributed by atoms with Gasteiger partial charge in [-0.15, -0.1) is 0 Å². The van der Waals surface area contributed by atoms with Gasteiger partial charge < -0.3 is 33.0 Å². The molecule has 0 saturated carbocycles. The molecule has 0 aliphatic rings. The van der Waals surface area contributed by atoms with Crippen LogP contribution in [0.5, 0.6) is 0 Å². The number of unbranched alkanes of at least 4 members (excludes halogenated alkanes) is 22. The molecule has 40 heavy (non-hydrogen) atoms. The van der Waals surface area contributed by atoms with Gasteiger partial charge in [0.2, 0.25) is 0 Å². The van der Waals surface area contributed by atoms with Crippen molar-refractivity contribution < 1.29 is 37.6 Å². The van der Waals surface area contributed by atoms with E-state index in [-0.39, 0.29) is 32.6 Å². The minimum Gasteiger partial charge on any atom is -1.00 e. The van der Waals surface area contributed by atoms with Crippen LogP contribution in [0, 0.1) is 5.41 Å². The zero-order chi connectivity index (χ0) is 28.9. The quantitative estimate of drug-likeness (QED) is 0.0407. The first-order chi connectivity index (χ1) is 18.8. The van der Waals surface area contributed by atoms with Gasteiger partial charge in [0, 0.05) is 8.58 Å². The van der Waals surface area contributed by atoms with E-state index in [4.69, 9.17) is 9.05 Å². The van der Waals surface area contributed by atoms with Crippen LogP contribution in [0.2, 0.25) is 0 Å². The highest BCUT2D eigenvalue weighted by Crippen LogP contribution is 2.53. The smallest absolute Gasteiger partial charge is 0.366 e. The molecule has 0 radical (unpaired) electrons. The molecule has 6 heteroatoms. The lowest BCUT2D eigenvalue weighted by Gasteiger charge is -2.19. The third kappa shape index (κ3) is 33.8. The van der Waals surface area contributed by atoms with Gasteiger partial charge in [-0.1, -0.05) is 176 Å². The van der Waals surface area contributed by atoms with E-state index in [0.29, 0.717) is 24.5 Å². The Hall–Kier alpha value is 1.31. The molecule has 0 aliphatic heterocycles. The SMILES string of the molecule is CCCCCCCCCCCCCCOP(=O)(C[PH2+]CC(C)(C)C)OCCCCCCCCCCCCCC.[I-]. The molecule has 0 aromatic rings. The van der Waals surface area contributed by atoms with Crippen molar-refractivity contribution in [3.63, 3.8) is 0 Å². The number of hydrogen-bond donors (Lipinski definition) is 0. The summed E-state index contributed by atoms with van der Waals surface area (Å²) in [5.41, 5.74) is 0.297. The standard InChI is InChI=1S/C34H72O3P2.HI/c1-6-8-10-12-14-16-18-20-22-24-26-28-30-36-39(35,33-38-32-34(3,4)5)37-31-29-27-25-23-21-19-17-15-13-11-9-7-2;/h38H,6-33H2,1-5H3;1H. The Morgan fingerprint density at radius 2 is 0.775 bits per heavy atom. The van der Waals surface area contributed by atoms with Crippen LogP contribution >= 0.6 is 16.2 Å². The van der Waals surface area contributed by atoms with Crippen molar-refractivity contribution in [1.82, 2.24) is 0 Å². The highest BCUT2D eigenvalue weighted by Gasteiger charge is 2.29. The zero-order valence-corrected chi connectivity index (χ0v) is 32.1. The molecule has 0 N–H and O–H groups in total. The second-order valence-electron chi connectivity index (χ2n) is 13.3. The Labute approximate surface area is 272 Å². The van der Waals surface area contributed by atoms with Crippen LogP contribution < -0.4 is 24.0 Å². The summed E-state index contributed by atoms with van der Waals surface area (Å²) in [5.74, 6) is 0.654. The average Bonchev–Trinajstić information content (AvgIpc) is 2.89. The van der Waals surface area contributed by atoms with Crippen molar-refractivity contribution in [3.05, 3.63) is 0 Å². The first kappa shape index (κ1) is 43.4. The average molecular weight is 719 g/mol. The first-order valence-corrected chi connectivity index (χ1v) is 20.9. The maximum Gasteiger partial charge on any atom is 0.366 e. The van der Waals surface area contributed by atoms with E-state index in [1.807, 2.05) is 0 Å². The maximum absolute atomic E-state index is 13.5. The lowest BCUT2D eigenvalue weighted by atomic mass is 10.0. The molecule has 1 atom stereocenters. The second-order valence-corrected chi connectivity index (χ2v) is 17.5. The lowest BCUT2D eigenvalue weighted by molar-refractivity contribution is -0.0000140. The third-order valence-electron chi connectivity index (χ3n) is 7.68. The minimum atomic E-state index is -2.93. The number of rotatable bonds is 31. The van der Waals surface area contributed by atoms with E-state index in [1.165, 1.54) is 141 Å². The highest BCUT2D eigenvalue weighted by molar-refractivity contribution is 7.65. The Bertz CT molecular complexity index is 506. The third-order valence-corrected chi connectivity index (χ3v) is 13.2. The molecule has 0 aliphatic carbocycles. The van der Waals surface area contributed by atoms with Gasteiger partial charge in [-0.3, -0.25) is 4.57 Å². The Morgan fingerprint density at radius 1 is 0.500 bits per heavy atom. The van der Waals surface area contributed by atoms with Crippen LogP contribution in [0.15, 0.2) is 0 Å². The molecule has 0 aromatic carbocycles. The molecule has 0 fully saturated rings. The molecule has 3 nitrogen and oxygen atoms in total. The molecule has 0 saturated heterocycles. The van der Waals surface area contributed by atoms with Gasteiger partial charge in [0.1, 0.15) is 0 Å². The molecule has 0 spiro atoms. The molecular weight excluding hydrogens is 645 g/mol. The minimum absolute atomic E-state index is 0. The van der Waals surface area contributed by atoms with E-state index >= 15 is 0 Å². The van der Waals surface area contributed by atoms with E-state index in [9.17, 15) is 4.57 Å². The van der Waals surface area contributed by atoms with Crippen LogP contribution in [-0.2, 0) is 13.6 Å². The van der Waals surface area contributed by atoms with Gasteiger partial charge in [0.05, 0.1) is 19.4 Å². The predicted molar refractivity (Wildman–Crippen MR) is 181 cm³/mol. The second kappa shape index (κ2) is 31.7. The summed E-state index contributed by atoms with van der Waals surface area (Å²) in [6.45, 7) is 12.6. The van der Waals surface area contributed by atoms with Crippen LogP contribution in [0.25, 0.3) is 0 Å². The fourth-order valence-corrected chi connectivity index (χ4v) is 9.47. The molecule has 0 aromatic heterocycles. The van der Waals surface area contributed by atoms with Gasteiger partial charge in [-0.25, -0.2) is 0 Å². The van der Waals surface area contributed by atoms with Crippen molar-refractivity contribution in [2.24, 2.45) is 5.41 Å². The molecule has 1 unspecified atom stereocenters. The normalized spacial score (nSPS) is 12.4. The van der Waals surface area contributed by atoms with Gasteiger partial charge in [0.25, 0.3) is 0 Å². The molecule has 0 heterocycles. The summed E-state index contributed by atoms with van der Waals surface area (Å²) in [6, 6.07) is 0. The van der Waals surface area contributed by atoms with E-state index in [0.717, 1.165) is 19.0 Å². The number of hydrogen-bond acceptors (Lipinski definition) is 3. The molecule has 0 rings (SSSR count). The van der Waals surface area contributed by atoms with Crippen molar-refractivity contribution >= 4 is 16.2 Å². The summed E-state index contributed by atoms with van der Waals surface area (Å²) in [7, 11) is -2.83. The van der Waals surface area contributed by atoms with Crippen molar-refractivity contribution in [2.75, 3.05) is 25.3 Å². The molecule has 244 valence electrons. The summed E-state index contributed by atoms with van der Waals surface area (Å²) < 4.78 is 25.5. The summed E-state index contributed by atoms with van der Waals surface area (Å²) in [6.07, 6.45) is 33.1. The topological polar surface area (TPSA) is 35.5 Å². The highest BCUT2D eigenvalue weighted by atomic mass is 127. The van der Waals surface area contributed by atoms with Gasteiger partial charge >= 0.3 is 7.60 Å². The number of halogens is 1. The van der Waals surface area contributed by atoms with Crippen LogP contribution in [0.3, 0.4) is 0 Å². The Morgan fingerprint density at radius 3 is 1.05 bits per heavy atom. The van der Waals surface area contributed by atoms with E-state index in [2.05, 4.69) is 34.6 Å². The van der Waals surface area contributed by atoms with Crippen molar-refractivity contribution in [2.45, 2.75) is 189 Å². The fourth-order valence-electron chi connectivity index (χ4n) is 5.09. The van der Waals surface area contributed by atoms with Crippen LogP contribution in [0.4, 0.5) is 0 Å². The summed E-state index contributed by atoms with van der Waals surface area (Å²) in [5, 5.41) is 0. The molecule has 0 amide bonds. The monoisotopic (exact) mass is 718 g/mol. The molecular formula is C34H73IO3P2. The zero-order valence-electron chi connectivity index (χ0n) is 27.9. The lowest BCUT2D eigenvalue weighted by Crippen LogP contribution is -3.00. The summed E-state index contributed by atoms with van der Waals surface area (Å²) in [4.78, 5) is 0. The summed E-state index contributed by atoms with van der Waals surface area (Å²) >= 11 is 0. The predicted octanol–water partition coefficient (Wildman–Crippen LogP) is 10.0. The van der Waals surface area contributed by atoms with Gasteiger partial charge in [-0.05, 0) is 18.3 Å². The van der Waals surface area contributed by atoms with Gasteiger partial charge in [-0.2, -0.15) is 0 Å². The largest absolute Gasteiger partial charge is 1.00 e. The molecule has 0 bridgehead atoms. The van der Waals surface area contributed by atoms with Crippen LogP contribution in [-0.4, -0.2) is 25.3 Å². The first-order valence-electron chi connectivity index (χ1n) is 17.5. The fraction of sp³-hybridized carbons (Fsp3) is 1.00. The van der Waals surface area contributed by atoms with Crippen LogP contribution in [0.1, 0.15) is 189 Å². The van der Waals surface area contributed by atoms with E-state index < -0.39 is 7.60 Å². The maximum atomic E-state index is 13.5. The van der Waals surface area contributed by atoms with E-state index in [1.54, 1.807) is 0 Å². The Balaban J connectivity index is 0. The van der Waals surface area contributed by atoms with Crippen molar-refractivity contribution in [3.8, 4) is 0 Å². The van der Waals surface area contributed by atoms with Gasteiger partial charge in [0.15, 0.2) is 5.90 Å². The van der Waals surface area contributed by atoms with Crippen molar-refractivity contribution in [1.29, 1.82) is 0 Å².